The predicted molar refractivity (Wildman–Crippen MR) is 58.9 cm³/mol. The third kappa shape index (κ3) is 1.81. The van der Waals surface area contributed by atoms with Crippen LogP contribution in [0.25, 0.3) is 11.0 Å². The van der Waals surface area contributed by atoms with Crippen molar-refractivity contribution in [1.29, 1.82) is 0 Å². The Hall–Kier alpha value is -1.76. The van der Waals surface area contributed by atoms with Gasteiger partial charge in [-0.15, -0.1) is 5.10 Å². The summed E-state index contributed by atoms with van der Waals surface area (Å²) in [6.45, 7) is 1.17. The first kappa shape index (κ1) is 10.7. The first-order chi connectivity index (χ1) is 7.74. The van der Waals surface area contributed by atoms with Gasteiger partial charge < -0.3 is 5.73 Å². The fourth-order valence-electron chi connectivity index (χ4n) is 1.53. The highest BCUT2D eigenvalue weighted by Crippen LogP contribution is 2.01. The van der Waals surface area contributed by atoms with Gasteiger partial charge in [-0.25, -0.2) is 9.36 Å². The molecule has 0 aliphatic heterocycles. The number of hydrogen-bond acceptors (Lipinski definition) is 5. The summed E-state index contributed by atoms with van der Waals surface area (Å²) in [5.41, 5.74) is 5.76. The van der Waals surface area contributed by atoms with Crippen LogP contribution in [0.15, 0.2) is 11.0 Å². The number of hydrogen-bond donors (Lipinski definition) is 1. The Kier molecular flexibility index (Phi) is 2.95. The Morgan fingerprint density at radius 3 is 3.00 bits per heavy atom. The Labute approximate surface area is 91.9 Å². The van der Waals surface area contributed by atoms with Crippen LogP contribution in [0.2, 0.25) is 0 Å². The van der Waals surface area contributed by atoms with Crippen molar-refractivity contribution in [1.82, 2.24) is 24.8 Å². The van der Waals surface area contributed by atoms with E-state index in [1.54, 1.807) is 7.05 Å². The smallest absolute Gasteiger partial charge is 0.280 e. The van der Waals surface area contributed by atoms with Crippen LogP contribution in [-0.2, 0) is 13.6 Å². The third-order valence-electron chi connectivity index (χ3n) is 2.44. The summed E-state index contributed by atoms with van der Waals surface area (Å²) in [7, 11) is 1.73. The topological polar surface area (TPSA) is 91.6 Å². The van der Waals surface area contributed by atoms with Gasteiger partial charge in [0.25, 0.3) is 5.56 Å². The average Bonchev–Trinajstić information content (AvgIpc) is 2.65. The van der Waals surface area contributed by atoms with Crippen molar-refractivity contribution in [2.75, 3.05) is 6.54 Å². The Bertz CT molecular complexity index is 542. The van der Waals surface area contributed by atoms with E-state index in [1.165, 1.54) is 15.6 Å². The zero-order chi connectivity index (χ0) is 11.5. The lowest BCUT2D eigenvalue weighted by atomic mass is 10.3. The molecule has 7 heteroatoms. The van der Waals surface area contributed by atoms with Crippen molar-refractivity contribution >= 4 is 11.0 Å². The first-order valence-corrected chi connectivity index (χ1v) is 5.19. The highest BCUT2D eigenvalue weighted by atomic mass is 16.1. The second kappa shape index (κ2) is 4.40. The van der Waals surface area contributed by atoms with Gasteiger partial charge >= 0.3 is 0 Å². The van der Waals surface area contributed by atoms with E-state index >= 15 is 0 Å². The van der Waals surface area contributed by atoms with E-state index < -0.39 is 0 Å². The number of nitrogens with two attached hydrogens (primary N) is 1. The molecule has 0 amide bonds. The molecule has 0 radical (unpaired) electrons. The molecule has 0 atom stereocenters. The van der Waals surface area contributed by atoms with Gasteiger partial charge in [0.15, 0.2) is 5.65 Å². The van der Waals surface area contributed by atoms with Crippen LogP contribution in [0.3, 0.4) is 0 Å². The lowest BCUT2D eigenvalue weighted by molar-refractivity contribution is 0.512. The van der Waals surface area contributed by atoms with E-state index in [0.717, 1.165) is 12.8 Å². The molecule has 2 aromatic rings. The summed E-state index contributed by atoms with van der Waals surface area (Å²) in [6, 6.07) is 0. The molecular weight excluding hydrogens is 208 g/mol. The first-order valence-electron chi connectivity index (χ1n) is 5.19. The SMILES string of the molecule is Cn1ncc2c(=O)n(CCCCN)nnc21. The van der Waals surface area contributed by atoms with Crippen molar-refractivity contribution in [2.45, 2.75) is 19.4 Å². The highest BCUT2D eigenvalue weighted by Gasteiger charge is 2.08. The molecule has 2 rings (SSSR count). The van der Waals surface area contributed by atoms with Crippen LogP contribution >= 0.6 is 0 Å². The van der Waals surface area contributed by atoms with Crippen LogP contribution in [0.5, 0.6) is 0 Å². The van der Waals surface area contributed by atoms with Crippen LogP contribution in [-0.4, -0.2) is 31.3 Å². The minimum absolute atomic E-state index is 0.143. The predicted octanol–water partition coefficient (Wildman–Crippen LogP) is -0.736. The van der Waals surface area contributed by atoms with Crippen LogP contribution in [0.4, 0.5) is 0 Å². The van der Waals surface area contributed by atoms with E-state index in [2.05, 4.69) is 15.4 Å². The largest absolute Gasteiger partial charge is 0.330 e. The minimum Gasteiger partial charge on any atom is -0.330 e. The number of nitrogens with zero attached hydrogens (tertiary/aromatic N) is 5. The van der Waals surface area contributed by atoms with Gasteiger partial charge in [0, 0.05) is 13.6 Å². The zero-order valence-corrected chi connectivity index (χ0v) is 9.13. The molecular formula is C9H14N6O. The maximum absolute atomic E-state index is 11.9. The summed E-state index contributed by atoms with van der Waals surface area (Å²) < 4.78 is 2.90. The minimum atomic E-state index is -0.143. The summed E-state index contributed by atoms with van der Waals surface area (Å²) >= 11 is 0. The van der Waals surface area contributed by atoms with E-state index in [-0.39, 0.29) is 5.56 Å². The Balaban J connectivity index is 2.34. The van der Waals surface area contributed by atoms with Crippen LogP contribution in [0, 0.1) is 0 Å². The molecule has 0 aliphatic rings. The van der Waals surface area contributed by atoms with Crippen LogP contribution < -0.4 is 11.3 Å². The lowest BCUT2D eigenvalue weighted by Gasteiger charge is -2.02. The summed E-state index contributed by atoms with van der Waals surface area (Å²) in [6.07, 6.45) is 3.22. The quantitative estimate of drug-likeness (QED) is 0.688. The second-order valence-electron chi connectivity index (χ2n) is 3.62. The van der Waals surface area contributed by atoms with Gasteiger partial charge in [-0.3, -0.25) is 4.79 Å². The lowest BCUT2D eigenvalue weighted by Crippen LogP contribution is -2.24. The normalized spacial score (nSPS) is 11.1. The fourth-order valence-corrected chi connectivity index (χ4v) is 1.53. The molecule has 16 heavy (non-hydrogen) atoms. The molecule has 0 aliphatic carbocycles. The standard InChI is InChI=1S/C9H14N6O/c1-14-8-7(6-11-14)9(16)15(13-12-8)5-3-2-4-10/h6H,2-5,10H2,1H3. The fraction of sp³-hybridized carbons (Fsp3) is 0.556. The van der Waals surface area contributed by atoms with Gasteiger partial charge in [0.1, 0.15) is 5.39 Å². The maximum atomic E-state index is 11.9. The zero-order valence-electron chi connectivity index (χ0n) is 9.13. The molecule has 86 valence electrons. The molecule has 2 N–H and O–H groups in total. The van der Waals surface area contributed by atoms with E-state index in [9.17, 15) is 4.79 Å². The van der Waals surface area contributed by atoms with Gasteiger partial charge in [-0.1, -0.05) is 5.21 Å². The number of aryl methyl sites for hydroxylation is 2. The molecule has 0 spiro atoms. The van der Waals surface area contributed by atoms with Crippen molar-refractivity contribution in [2.24, 2.45) is 12.8 Å². The monoisotopic (exact) mass is 222 g/mol. The Morgan fingerprint density at radius 2 is 2.25 bits per heavy atom. The molecule has 7 nitrogen and oxygen atoms in total. The molecule has 0 saturated heterocycles. The van der Waals surface area contributed by atoms with Crippen molar-refractivity contribution < 1.29 is 0 Å². The van der Waals surface area contributed by atoms with Crippen molar-refractivity contribution in [3.8, 4) is 0 Å². The van der Waals surface area contributed by atoms with Crippen molar-refractivity contribution in [3.05, 3.63) is 16.6 Å². The highest BCUT2D eigenvalue weighted by molar-refractivity contribution is 5.72. The molecule has 0 aromatic carbocycles. The maximum Gasteiger partial charge on any atom is 0.280 e. The molecule has 0 unspecified atom stereocenters. The second-order valence-corrected chi connectivity index (χ2v) is 3.62. The van der Waals surface area contributed by atoms with E-state index in [0.29, 0.717) is 24.1 Å². The molecule has 2 heterocycles. The summed E-state index contributed by atoms with van der Waals surface area (Å²) in [4.78, 5) is 11.9. The van der Waals surface area contributed by atoms with Gasteiger partial charge in [0.2, 0.25) is 0 Å². The van der Waals surface area contributed by atoms with Gasteiger partial charge in [-0.05, 0) is 19.4 Å². The van der Waals surface area contributed by atoms with E-state index in [1.807, 2.05) is 0 Å². The molecule has 0 bridgehead atoms. The summed E-state index contributed by atoms with van der Waals surface area (Å²) in [5, 5.41) is 12.3. The number of fused-ring (bicyclic) bond motifs is 1. The molecule has 2 aromatic heterocycles. The number of aromatic nitrogens is 5. The molecule has 0 fully saturated rings. The van der Waals surface area contributed by atoms with Crippen molar-refractivity contribution in [3.63, 3.8) is 0 Å². The van der Waals surface area contributed by atoms with Crippen LogP contribution in [0.1, 0.15) is 12.8 Å². The van der Waals surface area contributed by atoms with E-state index in [4.69, 9.17) is 5.73 Å². The summed E-state index contributed by atoms with van der Waals surface area (Å²) in [5.74, 6) is 0. The Morgan fingerprint density at radius 1 is 1.44 bits per heavy atom. The average molecular weight is 222 g/mol. The molecule has 0 saturated carbocycles. The number of unbranched alkanes of at least 4 members (excludes halogenated alkanes) is 1. The number of rotatable bonds is 4. The van der Waals surface area contributed by atoms with Gasteiger partial charge in [-0.2, -0.15) is 5.10 Å². The van der Waals surface area contributed by atoms with Gasteiger partial charge in [0.05, 0.1) is 6.20 Å². The third-order valence-corrected chi connectivity index (χ3v) is 2.44.